The molecule has 2 rings (SSSR count). The Kier molecular flexibility index (Phi) is 9.16. The van der Waals surface area contributed by atoms with Crippen LogP contribution in [0.5, 0.6) is 0 Å². The lowest BCUT2D eigenvalue weighted by Crippen LogP contribution is -2.48. The van der Waals surface area contributed by atoms with Crippen LogP contribution < -0.4 is 5.32 Å². The first kappa shape index (κ1) is 24.5. The molecule has 1 atom stereocenters. The first-order valence-electron chi connectivity index (χ1n) is 11.3. The Morgan fingerprint density at radius 1 is 1.10 bits per heavy atom. The second kappa shape index (κ2) is 11.6. The Bertz CT molecular complexity index is 859. The van der Waals surface area contributed by atoms with Crippen LogP contribution in [0.1, 0.15) is 52.3 Å². The Morgan fingerprint density at radius 2 is 1.84 bits per heavy atom. The molecular weight excluding hydrogens is 388 g/mol. The number of aromatic nitrogens is 1. The Labute approximate surface area is 187 Å². The van der Waals surface area contributed by atoms with Crippen LogP contribution in [0.4, 0.5) is 10.5 Å². The highest BCUT2D eigenvalue weighted by Gasteiger charge is 2.25. The van der Waals surface area contributed by atoms with E-state index in [1.54, 1.807) is 4.90 Å². The molecule has 1 heterocycles. The number of urea groups is 1. The minimum atomic E-state index is -0.237. The fourth-order valence-corrected chi connectivity index (χ4v) is 3.51. The van der Waals surface area contributed by atoms with Gasteiger partial charge in [-0.05, 0) is 55.5 Å². The smallest absolute Gasteiger partial charge is 0.322 e. The Hall–Kier alpha value is -2.76. The summed E-state index contributed by atoms with van der Waals surface area (Å²) in [4.78, 5) is 29.9. The molecule has 0 saturated heterocycles. The summed E-state index contributed by atoms with van der Waals surface area (Å²) in [5, 5.41) is 2.98. The molecule has 0 bridgehead atoms. The van der Waals surface area contributed by atoms with Gasteiger partial charge in [-0.3, -0.25) is 4.79 Å². The number of carbonyl (C=O) groups is 2. The van der Waals surface area contributed by atoms with Crippen LogP contribution in [0.2, 0.25) is 0 Å². The van der Waals surface area contributed by atoms with Gasteiger partial charge in [0.2, 0.25) is 5.91 Å². The van der Waals surface area contributed by atoms with Crippen LogP contribution >= 0.6 is 0 Å². The number of hydrogen-bond donors (Lipinski definition) is 1. The van der Waals surface area contributed by atoms with Crippen molar-refractivity contribution in [2.24, 2.45) is 13.0 Å². The zero-order valence-corrected chi connectivity index (χ0v) is 19.9. The van der Waals surface area contributed by atoms with Crippen molar-refractivity contribution < 1.29 is 9.59 Å². The first-order chi connectivity index (χ1) is 14.7. The standard InChI is InChI=1S/C25H38N4O2/c1-7-20(5)29(25(31)26-22-12-9-11-21(8-2)15-22)18-24(30)28(16-19(3)4)17-23-13-10-14-27(23)6/h9-15,19-20H,7-8,16-18H2,1-6H3,(H,26,31)/t20-/m1/s1. The normalized spacial score (nSPS) is 12.0. The number of aryl methyl sites for hydroxylation is 2. The average Bonchev–Trinajstić information content (AvgIpc) is 3.14. The van der Waals surface area contributed by atoms with Gasteiger partial charge < -0.3 is 19.7 Å². The van der Waals surface area contributed by atoms with Crippen LogP contribution in [-0.4, -0.2) is 45.4 Å². The van der Waals surface area contributed by atoms with Crippen molar-refractivity contribution in [1.82, 2.24) is 14.4 Å². The summed E-state index contributed by atoms with van der Waals surface area (Å²) < 4.78 is 2.03. The monoisotopic (exact) mass is 426 g/mol. The van der Waals surface area contributed by atoms with E-state index in [0.29, 0.717) is 19.0 Å². The summed E-state index contributed by atoms with van der Waals surface area (Å²) in [6, 6.07) is 11.6. The van der Waals surface area contributed by atoms with Gasteiger partial charge >= 0.3 is 6.03 Å². The molecule has 0 spiro atoms. The van der Waals surface area contributed by atoms with E-state index in [0.717, 1.165) is 29.8 Å². The number of anilines is 1. The first-order valence-corrected chi connectivity index (χ1v) is 11.3. The maximum atomic E-state index is 13.3. The molecule has 3 amide bonds. The van der Waals surface area contributed by atoms with Gasteiger partial charge in [0.05, 0.1) is 6.54 Å². The second-order valence-corrected chi connectivity index (χ2v) is 8.65. The molecule has 0 unspecified atom stereocenters. The van der Waals surface area contributed by atoms with Crippen molar-refractivity contribution >= 4 is 17.6 Å². The second-order valence-electron chi connectivity index (χ2n) is 8.65. The van der Waals surface area contributed by atoms with Gasteiger partial charge in [-0.25, -0.2) is 4.79 Å². The van der Waals surface area contributed by atoms with E-state index in [1.165, 1.54) is 0 Å². The van der Waals surface area contributed by atoms with Crippen molar-refractivity contribution in [3.8, 4) is 0 Å². The summed E-state index contributed by atoms with van der Waals surface area (Å²) in [5.41, 5.74) is 2.99. The van der Waals surface area contributed by atoms with Gasteiger partial charge in [0.1, 0.15) is 6.54 Å². The van der Waals surface area contributed by atoms with Crippen molar-refractivity contribution in [1.29, 1.82) is 0 Å². The lowest BCUT2D eigenvalue weighted by atomic mass is 10.1. The molecule has 1 N–H and O–H groups in total. The lowest BCUT2D eigenvalue weighted by molar-refractivity contribution is -0.133. The molecule has 0 radical (unpaired) electrons. The van der Waals surface area contributed by atoms with Crippen LogP contribution in [-0.2, 0) is 24.8 Å². The third-order valence-electron chi connectivity index (χ3n) is 5.62. The largest absolute Gasteiger partial charge is 0.353 e. The van der Waals surface area contributed by atoms with E-state index in [4.69, 9.17) is 0 Å². The van der Waals surface area contributed by atoms with E-state index < -0.39 is 0 Å². The van der Waals surface area contributed by atoms with Gasteiger partial charge in [0, 0.05) is 37.2 Å². The summed E-state index contributed by atoms with van der Waals surface area (Å²) in [6.45, 7) is 11.6. The van der Waals surface area contributed by atoms with Gasteiger partial charge in [0.15, 0.2) is 0 Å². The van der Waals surface area contributed by atoms with Gasteiger partial charge in [-0.15, -0.1) is 0 Å². The molecule has 0 aliphatic heterocycles. The molecule has 1 aromatic heterocycles. The number of amides is 3. The molecule has 0 fully saturated rings. The minimum absolute atomic E-state index is 0.0346. The number of carbonyl (C=O) groups excluding carboxylic acids is 2. The fourth-order valence-electron chi connectivity index (χ4n) is 3.51. The van der Waals surface area contributed by atoms with Crippen molar-refractivity contribution in [3.63, 3.8) is 0 Å². The topological polar surface area (TPSA) is 57.6 Å². The van der Waals surface area contributed by atoms with Crippen molar-refractivity contribution in [2.45, 2.75) is 60.0 Å². The molecule has 1 aromatic carbocycles. The quantitative estimate of drug-likeness (QED) is 0.587. The minimum Gasteiger partial charge on any atom is -0.353 e. The lowest BCUT2D eigenvalue weighted by Gasteiger charge is -2.32. The molecule has 2 aromatic rings. The molecule has 6 nitrogen and oxygen atoms in total. The molecule has 0 aliphatic carbocycles. The molecule has 6 heteroatoms. The zero-order chi connectivity index (χ0) is 23.0. The van der Waals surface area contributed by atoms with Crippen LogP contribution in [0, 0.1) is 5.92 Å². The molecular formula is C25H38N4O2. The molecule has 31 heavy (non-hydrogen) atoms. The number of nitrogens with one attached hydrogen (secondary N) is 1. The molecule has 170 valence electrons. The van der Waals surface area contributed by atoms with Gasteiger partial charge in [-0.1, -0.05) is 39.8 Å². The Morgan fingerprint density at radius 3 is 2.42 bits per heavy atom. The number of rotatable bonds is 10. The maximum Gasteiger partial charge on any atom is 0.322 e. The number of hydrogen-bond acceptors (Lipinski definition) is 2. The van der Waals surface area contributed by atoms with Crippen molar-refractivity contribution in [3.05, 3.63) is 53.9 Å². The predicted molar refractivity (Wildman–Crippen MR) is 127 cm³/mol. The highest BCUT2D eigenvalue weighted by atomic mass is 16.2. The zero-order valence-electron chi connectivity index (χ0n) is 19.9. The summed E-state index contributed by atoms with van der Waals surface area (Å²) in [5.74, 6) is 0.305. The average molecular weight is 427 g/mol. The Balaban J connectivity index is 2.16. The fraction of sp³-hybridized carbons (Fsp3) is 0.520. The van der Waals surface area contributed by atoms with Crippen molar-refractivity contribution in [2.75, 3.05) is 18.4 Å². The number of nitrogens with zero attached hydrogens (tertiary/aromatic N) is 3. The number of benzene rings is 1. The van der Waals surface area contributed by atoms with Crippen LogP contribution in [0.15, 0.2) is 42.6 Å². The third-order valence-corrected chi connectivity index (χ3v) is 5.62. The third kappa shape index (κ3) is 7.16. The summed E-state index contributed by atoms with van der Waals surface area (Å²) in [7, 11) is 1.98. The van der Waals surface area contributed by atoms with E-state index in [2.05, 4.69) is 26.1 Å². The molecule has 0 saturated carbocycles. The van der Waals surface area contributed by atoms with Crippen LogP contribution in [0.3, 0.4) is 0 Å². The van der Waals surface area contributed by atoms with Gasteiger partial charge in [0.25, 0.3) is 0 Å². The summed E-state index contributed by atoms with van der Waals surface area (Å²) >= 11 is 0. The van der Waals surface area contributed by atoms with E-state index in [9.17, 15) is 9.59 Å². The highest BCUT2D eigenvalue weighted by molar-refractivity contribution is 5.92. The van der Waals surface area contributed by atoms with E-state index in [-0.39, 0.29) is 24.5 Å². The summed E-state index contributed by atoms with van der Waals surface area (Å²) in [6.07, 6.45) is 3.66. The molecule has 0 aliphatic rings. The SMILES string of the molecule is CCc1cccc(NC(=O)N(CC(=O)N(Cc2cccn2C)CC(C)C)[C@H](C)CC)c1. The predicted octanol–water partition coefficient (Wildman–Crippen LogP) is 4.90. The van der Waals surface area contributed by atoms with E-state index >= 15 is 0 Å². The van der Waals surface area contributed by atoms with Gasteiger partial charge in [-0.2, -0.15) is 0 Å². The maximum absolute atomic E-state index is 13.3. The highest BCUT2D eigenvalue weighted by Crippen LogP contribution is 2.15. The van der Waals surface area contributed by atoms with E-state index in [1.807, 2.05) is 73.0 Å². The van der Waals surface area contributed by atoms with Crippen LogP contribution in [0.25, 0.3) is 0 Å².